The Morgan fingerprint density at radius 1 is 1.31 bits per heavy atom. The molecule has 0 radical (unpaired) electrons. The van der Waals surface area contributed by atoms with E-state index in [0.717, 1.165) is 5.70 Å². The first-order valence-electron chi connectivity index (χ1n) is 8.60. The Kier molecular flexibility index (Phi) is 4.58. The third-order valence-electron chi connectivity index (χ3n) is 4.77. The maximum atomic E-state index is 12.6. The molecule has 1 heterocycles. The molecular weight excluding hydrogens is 334 g/mol. The topological polar surface area (TPSA) is 113 Å². The van der Waals surface area contributed by atoms with Crippen molar-refractivity contribution in [2.45, 2.75) is 33.1 Å². The Bertz CT molecular complexity index is 826. The zero-order chi connectivity index (χ0) is 19.1. The number of rotatable bonds is 5. The molecular formula is C19H23N3O4. The van der Waals surface area contributed by atoms with Crippen LogP contribution in [0.5, 0.6) is 0 Å². The van der Waals surface area contributed by atoms with Gasteiger partial charge in [-0.1, -0.05) is 13.8 Å². The van der Waals surface area contributed by atoms with E-state index < -0.39 is 5.91 Å². The van der Waals surface area contributed by atoms with Crippen molar-refractivity contribution in [1.29, 1.82) is 0 Å². The fraction of sp³-hybridized carbons (Fsp3) is 0.421. The van der Waals surface area contributed by atoms with Crippen molar-refractivity contribution in [3.8, 4) is 0 Å². The van der Waals surface area contributed by atoms with E-state index in [1.54, 1.807) is 23.1 Å². The van der Waals surface area contributed by atoms with Gasteiger partial charge in [-0.25, -0.2) is 0 Å². The molecule has 1 aliphatic carbocycles. The highest BCUT2D eigenvalue weighted by atomic mass is 16.3. The average Bonchev–Trinajstić information content (AvgIpc) is 2.87. The molecule has 0 fully saturated rings. The molecule has 0 bridgehead atoms. The minimum absolute atomic E-state index is 0.0273. The number of nitrogens with two attached hydrogens (primary N) is 1. The van der Waals surface area contributed by atoms with E-state index in [2.05, 4.69) is 5.32 Å². The fourth-order valence-corrected chi connectivity index (χ4v) is 3.64. The molecule has 26 heavy (non-hydrogen) atoms. The summed E-state index contributed by atoms with van der Waals surface area (Å²) in [6.07, 6.45) is 1.19. The third-order valence-corrected chi connectivity index (χ3v) is 4.77. The highest BCUT2D eigenvalue weighted by molar-refractivity contribution is 6.12. The number of allylic oxidation sites excluding steroid dienone is 1. The summed E-state index contributed by atoms with van der Waals surface area (Å²) < 4.78 is 0. The summed E-state index contributed by atoms with van der Waals surface area (Å²) >= 11 is 0. The Hall–Kier alpha value is -2.67. The third kappa shape index (κ3) is 3.22. The van der Waals surface area contributed by atoms with Crippen LogP contribution in [0.4, 0.5) is 11.4 Å². The maximum Gasteiger partial charge on any atom is 0.250 e. The van der Waals surface area contributed by atoms with E-state index in [1.165, 1.54) is 0 Å². The van der Waals surface area contributed by atoms with Crippen molar-refractivity contribution >= 4 is 29.0 Å². The van der Waals surface area contributed by atoms with Gasteiger partial charge in [-0.05, 0) is 30.0 Å². The van der Waals surface area contributed by atoms with Gasteiger partial charge in [-0.2, -0.15) is 0 Å². The largest absolute Gasteiger partial charge is 0.395 e. The van der Waals surface area contributed by atoms with E-state index in [-0.39, 0.29) is 42.2 Å². The lowest BCUT2D eigenvalue weighted by Gasteiger charge is -2.33. The van der Waals surface area contributed by atoms with E-state index in [9.17, 15) is 14.4 Å². The Morgan fingerprint density at radius 2 is 2.04 bits per heavy atom. The number of hydrogen-bond acceptors (Lipinski definition) is 5. The molecule has 0 unspecified atom stereocenters. The number of benzene rings is 1. The van der Waals surface area contributed by atoms with Gasteiger partial charge in [0.15, 0.2) is 5.78 Å². The number of hydrogen-bond donors (Lipinski definition) is 3. The summed E-state index contributed by atoms with van der Waals surface area (Å²) in [4.78, 5) is 38.2. The number of aliphatic hydroxyl groups is 1. The van der Waals surface area contributed by atoms with Gasteiger partial charge in [-0.3, -0.25) is 19.3 Å². The zero-order valence-electron chi connectivity index (χ0n) is 15.0. The van der Waals surface area contributed by atoms with Gasteiger partial charge in [0.1, 0.15) is 0 Å². The van der Waals surface area contributed by atoms with Crippen LogP contribution >= 0.6 is 0 Å². The molecule has 7 heteroatoms. The summed E-state index contributed by atoms with van der Waals surface area (Å²) in [5.74, 6) is -0.723. The lowest BCUT2D eigenvalue weighted by Crippen LogP contribution is -2.31. The minimum atomic E-state index is -0.598. The second-order valence-electron chi connectivity index (χ2n) is 7.52. The quantitative estimate of drug-likeness (QED) is 0.740. The summed E-state index contributed by atoms with van der Waals surface area (Å²) in [6, 6.07) is 4.87. The van der Waals surface area contributed by atoms with Crippen LogP contribution in [0.1, 0.15) is 43.5 Å². The van der Waals surface area contributed by atoms with Crippen molar-refractivity contribution in [3.05, 3.63) is 35.0 Å². The minimum Gasteiger partial charge on any atom is -0.395 e. The van der Waals surface area contributed by atoms with Crippen LogP contribution in [-0.2, 0) is 9.59 Å². The number of ketones is 1. The van der Waals surface area contributed by atoms with Crippen LogP contribution in [0.2, 0.25) is 0 Å². The molecule has 0 aromatic heterocycles. The molecule has 0 saturated heterocycles. The second kappa shape index (κ2) is 6.57. The van der Waals surface area contributed by atoms with Crippen LogP contribution < -0.4 is 16.0 Å². The first-order chi connectivity index (χ1) is 12.2. The standard InChI is InChI=1S/C19H23N3O4/c1-19(2)9-15-13(16(24)10-19)8-17(25)22(15)11-3-4-12(18(20)26)14(7-11)21-5-6-23/h3-4,7,21,23H,5-6,8-10H2,1-2H3,(H2,20,26). The summed E-state index contributed by atoms with van der Waals surface area (Å²) in [6.45, 7) is 4.17. The average molecular weight is 357 g/mol. The SMILES string of the molecule is CC1(C)CC(=O)C2=C(C1)N(c1ccc(C(N)=O)c(NCCO)c1)C(=O)C2. The highest BCUT2D eigenvalue weighted by Crippen LogP contribution is 2.44. The number of nitrogens with one attached hydrogen (secondary N) is 1. The molecule has 3 rings (SSSR count). The van der Waals surface area contributed by atoms with Crippen LogP contribution in [0, 0.1) is 5.41 Å². The number of Topliss-reactive ketones (excluding diaryl/α,β-unsaturated/α-hetero) is 1. The molecule has 138 valence electrons. The van der Waals surface area contributed by atoms with E-state index in [4.69, 9.17) is 10.8 Å². The molecule has 1 aromatic carbocycles. The lowest BCUT2D eigenvalue weighted by atomic mass is 9.76. The first-order valence-corrected chi connectivity index (χ1v) is 8.60. The van der Waals surface area contributed by atoms with Crippen molar-refractivity contribution in [2.24, 2.45) is 11.1 Å². The number of carbonyl (C=O) groups excluding carboxylic acids is 3. The van der Waals surface area contributed by atoms with Crippen molar-refractivity contribution in [3.63, 3.8) is 0 Å². The molecule has 7 nitrogen and oxygen atoms in total. The Balaban J connectivity index is 2.03. The fourth-order valence-electron chi connectivity index (χ4n) is 3.64. The number of anilines is 2. The predicted molar refractivity (Wildman–Crippen MR) is 97.7 cm³/mol. The molecule has 0 spiro atoms. The van der Waals surface area contributed by atoms with Gasteiger partial charge in [0.2, 0.25) is 5.91 Å². The monoisotopic (exact) mass is 357 g/mol. The van der Waals surface area contributed by atoms with Gasteiger partial charge in [-0.15, -0.1) is 0 Å². The molecule has 2 aliphatic rings. The summed E-state index contributed by atoms with van der Waals surface area (Å²) in [5.41, 5.74) is 7.85. The van der Waals surface area contributed by atoms with Gasteiger partial charge >= 0.3 is 0 Å². The van der Waals surface area contributed by atoms with Gasteiger partial charge in [0, 0.05) is 29.9 Å². The molecule has 1 aromatic rings. The van der Waals surface area contributed by atoms with Gasteiger partial charge in [0.05, 0.1) is 24.3 Å². The molecule has 1 aliphatic heterocycles. The number of aliphatic hydroxyl groups excluding tert-OH is 1. The van der Waals surface area contributed by atoms with E-state index in [1.807, 2.05) is 13.8 Å². The predicted octanol–water partition coefficient (Wildman–Crippen LogP) is 1.57. The Labute approximate surface area is 151 Å². The van der Waals surface area contributed by atoms with Crippen molar-refractivity contribution in [1.82, 2.24) is 0 Å². The number of nitrogens with zero attached hydrogens (tertiary/aromatic N) is 1. The molecule has 0 saturated carbocycles. The Morgan fingerprint density at radius 3 is 2.69 bits per heavy atom. The number of carbonyl (C=O) groups is 3. The summed E-state index contributed by atoms with van der Waals surface area (Å²) in [7, 11) is 0. The zero-order valence-corrected chi connectivity index (χ0v) is 15.0. The normalized spacial score (nSPS) is 19.0. The lowest BCUT2D eigenvalue weighted by molar-refractivity contribution is -0.120. The molecule has 0 atom stereocenters. The van der Waals surface area contributed by atoms with Crippen LogP contribution in [0.15, 0.2) is 29.5 Å². The van der Waals surface area contributed by atoms with Crippen molar-refractivity contribution < 1.29 is 19.5 Å². The highest BCUT2D eigenvalue weighted by Gasteiger charge is 2.42. The van der Waals surface area contributed by atoms with Gasteiger partial charge < -0.3 is 16.2 Å². The van der Waals surface area contributed by atoms with Crippen molar-refractivity contribution in [2.75, 3.05) is 23.4 Å². The van der Waals surface area contributed by atoms with E-state index >= 15 is 0 Å². The van der Waals surface area contributed by atoms with Crippen LogP contribution in [0.25, 0.3) is 0 Å². The van der Waals surface area contributed by atoms with Gasteiger partial charge in [0.25, 0.3) is 5.91 Å². The van der Waals surface area contributed by atoms with Crippen LogP contribution in [0.3, 0.4) is 0 Å². The smallest absolute Gasteiger partial charge is 0.250 e. The second-order valence-corrected chi connectivity index (χ2v) is 7.52. The molecule has 2 amide bonds. The first kappa shape index (κ1) is 18.1. The maximum absolute atomic E-state index is 12.6. The number of primary amides is 1. The van der Waals surface area contributed by atoms with E-state index in [0.29, 0.717) is 29.8 Å². The molecule has 4 N–H and O–H groups in total. The summed E-state index contributed by atoms with van der Waals surface area (Å²) in [5, 5.41) is 12.0. The van der Waals surface area contributed by atoms with Crippen LogP contribution in [-0.4, -0.2) is 35.9 Å². The number of amides is 2.